The van der Waals surface area contributed by atoms with Gasteiger partial charge in [0.15, 0.2) is 0 Å². The average molecular weight is 248 g/mol. The Morgan fingerprint density at radius 3 is 2.33 bits per heavy atom. The van der Waals surface area contributed by atoms with Crippen molar-refractivity contribution in [1.29, 1.82) is 0 Å². The third kappa shape index (κ3) is 3.43. The standard InChI is InChI=1S/C6H2BrF3N.Na/c7-5-2-1-4(3-11-5)6(8,9)10;/h2-3H;/q-1;+1. The maximum Gasteiger partial charge on any atom is 1.00 e. The van der Waals surface area contributed by atoms with E-state index in [9.17, 15) is 13.2 Å². The molecule has 0 aromatic carbocycles. The first-order valence-corrected chi connectivity index (χ1v) is 3.40. The predicted molar refractivity (Wildman–Crippen MR) is 35.8 cm³/mol. The van der Waals surface area contributed by atoms with Gasteiger partial charge in [0.1, 0.15) is 0 Å². The fourth-order valence-electron chi connectivity index (χ4n) is 0.493. The zero-order valence-electron chi connectivity index (χ0n) is 6.11. The molecule has 0 spiro atoms. The molecule has 0 saturated carbocycles. The van der Waals surface area contributed by atoms with E-state index < -0.39 is 11.7 Å². The fourth-order valence-corrected chi connectivity index (χ4v) is 0.710. The summed E-state index contributed by atoms with van der Waals surface area (Å²) in [4.78, 5) is 3.41. The van der Waals surface area contributed by atoms with E-state index in [1.165, 1.54) is 0 Å². The summed E-state index contributed by atoms with van der Waals surface area (Å²) in [5.74, 6) is 0. The Morgan fingerprint density at radius 2 is 2.00 bits per heavy atom. The van der Waals surface area contributed by atoms with Crippen LogP contribution >= 0.6 is 15.9 Å². The third-order valence-electron chi connectivity index (χ3n) is 0.969. The minimum absolute atomic E-state index is 0. The van der Waals surface area contributed by atoms with Crippen LogP contribution in [-0.4, -0.2) is 4.98 Å². The van der Waals surface area contributed by atoms with E-state index in [1.54, 1.807) is 0 Å². The van der Waals surface area contributed by atoms with Gasteiger partial charge in [-0.2, -0.15) is 19.2 Å². The molecule has 1 aromatic rings. The molecule has 0 fully saturated rings. The van der Waals surface area contributed by atoms with Crippen LogP contribution in [-0.2, 0) is 6.18 Å². The van der Waals surface area contributed by atoms with Crippen LogP contribution in [0, 0.1) is 6.07 Å². The van der Waals surface area contributed by atoms with Crippen LogP contribution in [0.15, 0.2) is 16.9 Å². The first kappa shape index (κ1) is 12.4. The van der Waals surface area contributed by atoms with Crippen LogP contribution in [0.1, 0.15) is 5.56 Å². The van der Waals surface area contributed by atoms with Crippen molar-refractivity contribution in [2.45, 2.75) is 6.18 Å². The summed E-state index contributed by atoms with van der Waals surface area (Å²) < 4.78 is 35.8. The molecule has 6 heteroatoms. The Kier molecular flexibility index (Phi) is 4.76. The molecule has 0 aliphatic rings. The molecule has 1 aromatic heterocycles. The van der Waals surface area contributed by atoms with Gasteiger partial charge in [-0.25, -0.2) is 0 Å². The number of rotatable bonds is 0. The first-order valence-electron chi connectivity index (χ1n) is 2.60. The van der Waals surface area contributed by atoms with Crippen LogP contribution in [0.3, 0.4) is 0 Å². The van der Waals surface area contributed by atoms with Gasteiger partial charge in [0.2, 0.25) is 0 Å². The van der Waals surface area contributed by atoms with E-state index in [4.69, 9.17) is 0 Å². The number of alkyl halides is 3. The van der Waals surface area contributed by atoms with Gasteiger partial charge in [0, 0.05) is 0 Å². The average Bonchev–Trinajstić information content (AvgIpc) is 1.86. The van der Waals surface area contributed by atoms with E-state index in [0.29, 0.717) is 4.60 Å². The molecule has 1 rings (SSSR count). The first-order chi connectivity index (χ1) is 5.00. The number of hydrogen-bond acceptors (Lipinski definition) is 1. The van der Waals surface area contributed by atoms with Gasteiger partial charge in [0.25, 0.3) is 0 Å². The van der Waals surface area contributed by atoms with Crippen LogP contribution in [0.2, 0.25) is 0 Å². The summed E-state index contributed by atoms with van der Waals surface area (Å²) in [6, 6.07) is 3.17. The van der Waals surface area contributed by atoms with Crippen molar-refractivity contribution in [3.05, 3.63) is 28.5 Å². The zero-order valence-corrected chi connectivity index (χ0v) is 9.70. The van der Waals surface area contributed by atoms with Crippen molar-refractivity contribution in [2.75, 3.05) is 0 Å². The number of hydrogen-bond donors (Lipinski definition) is 0. The number of pyridine rings is 1. The van der Waals surface area contributed by atoms with Crippen molar-refractivity contribution in [3.8, 4) is 0 Å². The maximum atomic E-state index is 11.8. The number of aromatic nitrogens is 1. The van der Waals surface area contributed by atoms with Crippen LogP contribution < -0.4 is 29.6 Å². The predicted octanol–water partition coefficient (Wildman–Crippen LogP) is -0.333. The Balaban J connectivity index is 0.00000121. The second-order valence-corrected chi connectivity index (χ2v) is 2.59. The van der Waals surface area contributed by atoms with Gasteiger partial charge in [-0.3, -0.25) is 0 Å². The van der Waals surface area contributed by atoms with Gasteiger partial charge >= 0.3 is 35.7 Å². The largest absolute Gasteiger partial charge is 1.00 e. The Labute approximate surface area is 97.8 Å². The van der Waals surface area contributed by atoms with Crippen molar-refractivity contribution >= 4 is 15.9 Å². The molecule has 0 aliphatic carbocycles. The molecule has 0 radical (unpaired) electrons. The quantitative estimate of drug-likeness (QED) is 0.348. The van der Waals surface area contributed by atoms with Gasteiger partial charge in [-0.15, -0.1) is 22.0 Å². The minimum atomic E-state index is -4.35. The van der Waals surface area contributed by atoms with Gasteiger partial charge in [-0.05, 0) is 10.2 Å². The smallest absolute Gasteiger partial charge is 0.376 e. The molecule has 0 amide bonds. The molecular formula is C6H2BrF3NNa. The molecule has 0 bridgehead atoms. The molecule has 0 unspecified atom stereocenters. The van der Waals surface area contributed by atoms with Crippen molar-refractivity contribution in [3.63, 3.8) is 0 Å². The summed E-state index contributed by atoms with van der Waals surface area (Å²) >= 11 is 2.90. The van der Waals surface area contributed by atoms with E-state index in [0.717, 1.165) is 12.3 Å². The summed E-state index contributed by atoms with van der Waals surface area (Å²) in [6.07, 6.45) is -3.63. The van der Waals surface area contributed by atoms with Crippen molar-refractivity contribution < 1.29 is 42.7 Å². The van der Waals surface area contributed by atoms with Gasteiger partial charge in [-0.1, -0.05) is 6.20 Å². The Morgan fingerprint density at radius 1 is 1.42 bits per heavy atom. The van der Waals surface area contributed by atoms with Crippen LogP contribution in [0.4, 0.5) is 13.2 Å². The second kappa shape index (κ2) is 4.60. The normalized spacial score (nSPS) is 10.7. The molecule has 1 heterocycles. The maximum absolute atomic E-state index is 11.8. The summed E-state index contributed by atoms with van der Waals surface area (Å²) in [7, 11) is 0. The molecule has 0 saturated heterocycles. The van der Waals surface area contributed by atoms with Crippen LogP contribution in [0.25, 0.3) is 0 Å². The third-order valence-corrected chi connectivity index (χ3v) is 1.40. The zero-order chi connectivity index (χ0) is 8.48. The Bertz CT molecular complexity index is 246. The van der Waals surface area contributed by atoms with E-state index >= 15 is 0 Å². The second-order valence-electron chi connectivity index (χ2n) is 1.78. The summed E-state index contributed by atoms with van der Waals surface area (Å²) in [5, 5.41) is 0. The van der Waals surface area contributed by atoms with Gasteiger partial charge in [0.05, 0.1) is 0 Å². The number of nitrogens with zero attached hydrogens (tertiary/aromatic N) is 1. The molecule has 1 nitrogen and oxygen atoms in total. The molecular weight excluding hydrogens is 246 g/mol. The topological polar surface area (TPSA) is 12.9 Å². The summed E-state index contributed by atoms with van der Waals surface area (Å²) in [6.45, 7) is 0. The van der Waals surface area contributed by atoms with Gasteiger partial charge < -0.3 is 4.98 Å². The van der Waals surface area contributed by atoms with Crippen molar-refractivity contribution in [1.82, 2.24) is 4.98 Å². The fraction of sp³-hybridized carbons (Fsp3) is 0.167. The van der Waals surface area contributed by atoms with Crippen molar-refractivity contribution in [2.24, 2.45) is 0 Å². The number of halogens is 4. The molecule has 0 atom stereocenters. The molecule has 0 aliphatic heterocycles. The SMILES string of the molecule is FC(F)(F)c1[c-]cc(Br)nc1.[Na+]. The monoisotopic (exact) mass is 247 g/mol. The van der Waals surface area contributed by atoms with Crippen LogP contribution in [0.5, 0.6) is 0 Å². The molecule has 12 heavy (non-hydrogen) atoms. The van der Waals surface area contributed by atoms with E-state index in [2.05, 4.69) is 20.9 Å². The van der Waals surface area contributed by atoms with E-state index in [1.807, 2.05) is 6.07 Å². The summed E-state index contributed by atoms with van der Waals surface area (Å²) in [5.41, 5.74) is -0.860. The minimum Gasteiger partial charge on any atom is -0.376 e. The molecule has 60 valence electrons. The Hall–Kier alpha value is 0.420. The van der Waals surface area contributed by atoms with E-state index in [-0.39, 0.29) is 29.6 Å². The molecule has 0 N–H and O–H groups in total.